The van der Waals surface area contributed by atoms with Gasteiger partial charge in [0, 0.05) is 5.02 Å². The minimum absolute atomic E-state index is 0.0239. The number of rotatable bonds is 3. The van der Waals surface area contributed by atoms with Crippen molar-refractivity contribution >= 4 is 40.8 Å². The molecule has 8 N–H and O–H groups in total. The van der Waals surface area contributed by atoms with Crippen LogP contribution in [0.5, 0.6) is 11.5 Å². The first-order chi connectivity index (χ1) is 10.5. The molecule has 0 aromatic heterocycles. The van der Waals surface area contributed by atoms with Crippen LogP contribution in [0.1, 0.15) is 0 Å². The Morgan fingerprint density at radius 2 is 1.68 bits per heavy atom. The lowest BCUT2D eigenvalue weighted by molar-refractivity contribution is -0.459. The second-order valence-electron chi connectivity index (χ2n) is 4.29. The molecule has 8 heteroatoms. The molecule has 0 spiro atoms. The van der Waals surface area contributed by atoms with Crippen molar-refractivity contribution in [3.8, 4) is 11.5 Å². The SMILES string of the molecule is NC(N)=[NH+]C(N)=[NH+]c1ccccc1Oc1ccc(Cl)cc1Cl. The molecule has 114 valence electrons. The van der Waals surface area contributed by atoms with Crippen molar-refractivity contribution in [1.82, 2.24) is 0 Å². The molecule has 0 radical (unpaired) electrons. The van der Waals surface area contributed by atoms with Crippen LogP contribution in [0.4, 0.5) is 5.69 Å². The van der Waals surface area contributed by atoms with Gasteiger partial charge in [0.1, 0.15) is 5.75 Å². The number of guanidine groups is 2. The van der Waals surface area contributed by atoms with E-state index < -0.39 is 0 Å². The van der Waals surface area contributed by atoms with Gasteiger partial charge in [0.25, 0.3) is 0 Å². The van der Waals surface area contributed by atoms with Gasteiger partial charge in [-0.15, -0.1) is 0 Å². The van der Waals surface area contributed by atoms with Gasteiger partial charge in [0.05, 0.1) is 5.02 Å². The highest BCUT2D eigenvalue weighted by atomic mass is 35.5. The van der Waals surface area contributed by atoms with Crippen molar-refractivity contribution in [3.63, 3.8) is 0 Å². The van der Waals surface area contributed by atoms with Gasteiger partial charge in [-0.05, 0) is 30.3 Å². The summed E-state index contributed by atoms with van der Waals surface area (Å²) in [5.74, 6) is 1.13. The van der Waals surface area contributed by atoms with Crippen LogP contribution in [0.25, 0.3) is 0 Å². The number of hydrogen-bond donors (Lipinski definition) is 5. The zero-order valence-electron chi connectivity index (χ0n) is 11.4. The number of hydrogen-bond acceptors (Lipinski definition) is 1. The van der Waals surface area contributed by atoms with Crippen LogP contribution in [0.3, 0.4) is 0 Å². The highest BCUT2D eigenvalue weighted by Crippen LogP contribution is 2.33. The summed E-state index contributed by atoms with van der Waals surface area (Å²) in [4.78, 5) is 5.46. The molecular weight excluding hydrogens is 325 g/mol. The van der Waals surface area contributed by atoms with Gasteiger partial charge in [-0.1, -0.05) is 35.3 Å². The van der Waals surface area contributed by atoms with Crippen LogP contribution in [0, 0.1) is 0 Å². The minimum atomic E-state index is -0.0239. The van der Waals surface area contributed by atoms with Crippen LogP contribution in [0.2, 0.25) is 10.0 Å². The second kappa shape index (κ2) is 7.02. The summed E-state index contributed by atoms with van der Waals surface area (Å²) in [7, 11) is 0. The molecule has 2 aromatic rings. The lowest BCUT2D eigenvalue weighted by Crippen LogP contribution is -2.96. The van der Waals surface area contributed by atoms with Crippen molar-refractivity contribution in [2.24, 2.45) is 17.2 Å². The number of ether oxygens (including phenoxy) is 1. The fourth-order valence-electron chi connectivity index (χ4n) is 1.67. The van der Waals surface area contributed by atoms with E-state index in [9.17, 15) is 0 Å². The van der Waals surface area contributed by atoms with E-state index in [-0.39, 0.29) is 11.9 Å². The van der Waals surface area contributed by atoms with Crippen LogP contribution < -0.4 is 31.9 Å². The molecule has 0 bridgehead atoms. The number of nitrogens with one attached hydrogen (secondary N) is 2. The van der Waals surface area contributed by atoms with Gasteiger partial charge >= 0.3 is 11.9 Å². The van der Waals surface area contributed by atoms with Gasteiger partial charge in [-0.25, -0.2) is 4.99 Å². The molecule has 0 fully saturated rings. The Bertz CT molecular complexity index is 742. The first kappa shape index (κ1) is 15.9. The molecule has 0 unspecified atom stereocenters. The average Bonchev–Trinajstić information content (AvgIpc) is 2.43. The zero-order valence-corrected chi connectivity index (χ0v) is 12.9. The summed E-state index contributed by atoms with van der Waals surface area (Å²) in [6.45, 7) is 0. The van der Waals surface area contributed by atoms with Crippen LogP contribution >= 0.6 is 23.2 Å². The molecule has 2 aromatic carbocycles. The molecule has 0 aliphatic heterocycles. The normalized spacial score (nSPS) is 11.1. The molecule has 6 nitrogen and oxygen atoms in total. The Kier molecular flexibility index (Phi) is 5.08. The predicted octanol–water partition coefficient (Wildman–Crippen LogP) is -0.833. The minimum Gasteiger partial charge on any atom is -0.452 e. The summed E-state index contributed by atoms with van der Waals surface area (Å²) in [6.07, 6.45) is 0. The first-order valence-corrected chi connectivity index (χ1v) is 6.97. The van der Waals surface area contributed by atoms with Crippen molar-refractivity contribution in [2.75, 3.05) is 0 Å². The second-order valence-corrected chi connectivity index (χ2v) is 5.14. The van der Waals surface area contributed by atoms with E-state index in [0.29, 0.717) is 27.2 Å². The Labute approximate surface area is 137 Å². The summed E-state index contributed by atoms with van der Waals surface area (Å²) >= 11 is 12.0. The monoisotopic (exact) mass is 339 g/mol. The Balaban J connectivity index is 2.34. The predicted molar refractivity (Wildman–Crippen MR) is 87.1 cm³/mol. The standard InChI is InChI=1S/C14H13Cl2N5O/c15-8-5-6-11(9(16)7-8)22-12-4-2-1-3-10(12)20-14(19)21-13(17)18/h1-7H,(H6,17,18,19,20,21)/p+2. The summed E-state index contributed by atoms with van der Waals surface area (Å²) in [5, 5.41) is 0.927. The topological polar surface area (TPSA) is 115 Å². The molecule has 0 saturated carbocycles. The van der Waals surface area contributed by atoms with Crippen LogP contribution in [-0.2, 0) is 0 Å². The van der Waals surface area contributed by atoms with Crippen molar-refractivity contribution in [1.29, 1.82) is 0 Å². The molecular formula is C14H15Cl2N5O+2. The maximum absolute atomic E-state index is 6.10. The Morgan fingerprint density at radius 1 is 0.955 bits per heavy atom. The van der Waals surface area contributed by atoms with Gasteiger partial charge < -0.3 is 4.74 Å². The van der Waals surface area contributed by atoms with Gasteiger partial charge in [-0.3, -0.25) is 17.2 Å². The molecule has 0 heterocycles. The van der Waals surface area contributed by atoms with Gasteiger partial charge in [0.2, 0.25) is 0 Å². The largest absolute Gasteiger partial charge is 0.452 e. The maximum Gasteiger partial charge on any atom is 0.390 e. The molecule has 0 atom stereocenters. The molecule has 0 aliphatic rings. The summed E-state index contributed by atoms with van der Waals surface area (Å²) in [5.41, 5.74) is 17.0. The van der Waals surface area contributed by atoms with E-state index in [4.69, 9.17) is 45.1 Å². The van der Waals surface area contributed by atoms with E-state index >= 15 is 0 Å². The van der Waals surface area contributed by atoms with E-state index in [1.807, 2.05) is 12.1 Å². The molecule has 0 saturated heterocycles. The van der Waals surface area contributed by atoms with Crippen molar-refractivity contribution in [3.05, 3.63) is 52.5 Å². The third-order valence-electron chi connectivity index (χ3n) is 2.55. The van der Waals surface area contributed by atoms with Crippen LogP contribution in [-0.4, -0.2) is 11.9 Å². The third-order valence-corrected chi connectivity index (χ3v) is 3.08. The number of para-hydroxylation sites is 2. The molecule has 0 aliphatic carbocycles. The third kappa shape index (κ3) is 4.28. The smallest absolute Gasteiger partial charge is 0.390 e. The Morgan fingerprint density at radius 3 is 2.36 bits per heavy atom. The lowest BCUT2D eigenvalue weighted by Gasteiger charge is -2.09. The molecule has 22 heavy (non-hydrogen) atoms. The highest BCUT2D eigenvalue weighted by Gasteiger charge is 2.10. The van der Waals surface area contributed by atoms with E-state index in [1.54, 1.807) is 30.3 Å². The molecule has 2 rings (SSSR count). The Hall–Kier alpha value is -2.44. The van der Waals surface area contributed by atoms with Crippen LogP contribution in [0.15, 0.2) is 42.5 Å². The van der Waals surface area contributed by atoms with E-state index in [0.717, 1.165) is 0 Å². The zero-order chi connectivity index (χ0) is 16.1. The highest BCUT2D eigenvalue weighted by molar-refractivity contribution is 6.35. The van der Waals surface area contributed by atoms with E-state index in [2.05, 4.69) is 9.98 Å². The van der Waals surface area contributed by atoms with Crippen molar-refractivity contribution < 1.29 is 14.7 Å². The number of benzene rings is 2. The maximum atomic E-state index is 6.10. The van der Waals surface area contributed by atoms with Crippen molar-refractivity contribution in [2.45, 2.75) is 0 Å². The summed E-state index contributed by atoms with van der Waals surface area (Å²) < 4.78 is 5.78. The molecule has 0 amide bonds. The van der Waals surface area contributed by atoms with Gasteiger partial charge in [-0.2, -0.15) is 4.99 Å². The van der Waals surface area contributed by atoms with E-state index in [1.165, 1.54) is 0 Å². The average molecular weight is 340 g/mol. The number of halogens is 2. The number of nitrogens with two attached hydrogens (primary N) is 3. The quantitative estimate of drug-likeness (QED) is 0.370. The fraction of sp³-hybridized carbons (Fsp3) is 0. The summed E-state index contributed by atoms with van der Waals surface area (Å²) in [6, 6.07) is 12.1. The lowest BCUT2D eigenvalue weighted by atomic mass is 10.3. The first-order valence-electron chi connectivity index (χ1n) is 6.22. The van der Waals surface area contributed by atoms with Gasteiger partial charge in [0.15, 0.2) is 11.4 Å². The fourth-order valence-corrected chi connectivity index (χ4v) is 2.11.